The fraction of sp³-hybridized carbons (Fsp3) is 0.381. The largest absolute Gasteiger partial charge is 0.371 e. The summed E-state index contributed by atoms with van der Waals surface area (Å²) in [5.74, 6) is 0.240. The number of sulfonamides is 1. The molecule has 0 unspecified atom stereocenters. The summed E-state index contributed by atoms with van der Waals surface area (Å²) < 4.78 is 28.1. The number of rotatable bonds is 6. The summed E-state index contributed by atoms with van der Waals surface area (Å²) in [7, 11) is -3.69. The molecule has 1 aliphatic carbocycles. The van der Waals surface area contributed by atoms with Gasteiger partial charge in [-0.2, -0.15) is 0 Å². The van der Waals surface area contributed by atoms with Crippen molar-refractivity contribution in [2.45, 2.75) is 37.0 Å². The third-order valence-corrected chi connectivity index (χ3v) is 6.61. The number of hydrogen-bond donors (Lipinski definition) is 1. The van der Waals surface area contributed by atoms with Gasteiger partial charge in [-0.05, 0) is 62.4 Å². The number of carbonyl (C=O) groups is 1. The first-order valence-corrected chi connectivity index (χ1v) is 11.0. The molecular weight excluding hydrogens is 360 g/mol. The third kappa shape index (κ3) is 4.16. The highest BCUT2D eigenvalue weighted by molar-refractivity contribution is 7.92. The van der Waals surface area contributed by atoms with Crippen LogP contribution in [-0.2, 0) is 10.0 Å². The van der Waals surface area contributed by atoms with Crippen LogP contribution < -0.4 is 9.62 Å². The topological polar surface area (TPSA) is 66.5 Å². The van der Waals surface area contributed by atoms with Crippen LogP contribution in [-0.4, -0.2) is 27.3 Å². The predicted molar refractivity (Wildman–Crippen MR) is 107 cm³/mol. The second kappa shape index (κ2) is 7.35. The molecule has 1 N–H and O–H groups in total. The molecule has 2 aromatic rings. The van der Waals surface area contributed by atoms with Crippen molar-refractivity contribution in [1.82, 2.24) is 0 Å². The fourth-order valence-electron chi connectivity index (χ4n) is 3.51. The molecule has 2 aliphatic rings. The molecule has 0 spiro atoms. The maximum atomic E-state index is 12.7. The summed E-state index contributed by atoms with van der Waals surface area (Å²) in [5, 5.41) is 0. The first kappa shape index (κ1) is 18.0. The van der Waals surface area contributed by atoms with Gasteiger partial charge in [0.15, 0.2) is 5.78 Å². The Bertz CT molecular complexity index is 928. The Hall–Kier alpha value is -2.34. The van der Waals surface area contributed by atoms with E-state index < -0.39 is 10.0 Å². The number of anilines is 2. The average molecular weight is 385 g/mol. The first-order chi connectivity index (χ1) is 13.0. The lowest BCUT2D eigenvalue weighted by molar-refractivity contribution is 0.0967. The van der Waals surface area contributed by atoms with Crippen molar-refractivity contribution < 1.29 is 13.2 Å². The highest BCUT2D eigenvalue weighted by Crippen LogP contribution is 2.33. The Morgan fingerprint density at radius 3 is 2.33 bits per heavy atom. The molecule has 4 rings (SSSR count). The number of nitrogens with one attached hydrogen (secondary N) is 1. The zero-order valence-electron chi connectivity index (χ0n) is 15.2. The van der Waals surface area contributed by atoms with E-state index in [2.05, 4.69) is 9.62 Å². The van der Waals surface area contributed by atoms with E-state index in [1.807, 2.05) is 18.2 Å². The molecule has 27 heavy (non-hydrogen) atoms. The monoisotopic (exact) mass is 384 g/mol. The molecule has 2 fully saturated rings. The van der Waals surface area contributed by atoms with Crippen molar-refractivity contribution in [3.8, 4) is 0 Å². The number of Topliss-reactive ketones (excluding diaryl/α,β-unsaturated/α-hetero) is 1. The SMILES string of the molecule is O=C(c1ccc(S(=O)(=O)Nc2cccc(N3CCCCC3)c2)cc1)C1CC1. The van der Waals surface area contributed by atoms with Crippen LogP contribution in [0.25, 0.3) is 0 Å². The zero-order chi connectivity index (χ0) is 18.9. The molecule has 0 bridgehead atoms. The molecular formula is C21H24N2O3S. The summed E-state index contributed by atoms with van der Waals surface area (Å²) in [5.41, 5.74) is 2.18. The lowest BCUT2D eigenvalue weighted by Crippen LogP contribution is -2.29. The minimum atomic E-state index is -3.69. The summed E-state index contributed by atoms with van der Waals surface area (Å²) in [6.07, 6.45) is 5.47. The third-order valence-electron chi connectivity index (χ3n) is 5.22. The molecule has 1 heterocycles. The minimum Gasteiger partial charge on any atom is -0.371 e. The molecule has 0 radical (unpaired) electrons. The molecule has 0 amide bonds. The molecule has 2 aromatic carbocycles. The summed E-state index contributed by atoms with van der Waals surface area (Å²) in [4.78, 5) is 14.5. The van der Waals surface area contributed by atoms with Crippen molar-refractivity contribution in [2.75, 3.05) is 22.7 Å². The van der Waals surface area contributed by atoms with Gasteiger partial charge in [0.1, 0.15) is 0 Å². The summed E-state index contributed by atoms with van der Waals surface area (Å²) in [6.45, 7) is 2.01. The van der Waals surface area contributed by atoms with E-state index in [-0.39, 0.29) is 16.6 Å². The van der Waals surface area contributed by atoms with Crippen LogP contribution in [0.4, 0.5) is 11.4 Å². The van der Waals surface area contributed by atoms with Gasteiger partial charge in [-0.3, -0.25) is 9.52 Å². The van der Waals surface area contributed by atoms with Gasteiger partial charge in [0, 0.05) is 30.3 Å². The number of hydrogen-bond acceptors (Lipinski definition) is 4. The van der Waals surface area contributed by atoms with Crippen molar-refractivity contribution in [3.63, 3.8) is 0 Å². The molecule has 0 atom stereocenters. The lowest BCUT2D eigenvalue weighted by Gasteiger charge is -2.29. The van der Waals surface area contributed by atoms with Crippen LogP contribution in [0.5, 0.6) is 0 Å². The number of carbonyl (C=O) groups excluding carboxylic acids is 1. The van der Waals surface area contributed by atoms with Gasteiger partial charge < -0.3 is 4.90 Å². The molecule has 142 valence electrons. The maximum absolute atomic E-state index is 12.7. The Labute approximate surface area is 160 Å². The van der Waals surface area contributed by atoms with Crippen LogP contribution in [0.1, 0.15) is 42.5 Å². The van der Waals surface area contributed by atoms with E-state index in [9.17, 15) is 13.2 Å². The van der Waals surface area contributed by atoms with E-state index in [1.165, 1.54) is 31.4 Å². The normalized spacial score (nSPS) is 17.6. The maximum Gasteiger partial charge on any atom is 0.261 e. The van der Waals surface area contributed by atoms with Crippen LogP contribution in [0.2, 0.25) is 0 Å². The van der Waals surface area contributed by atoms with Crippen LogP contribution >= 0.6 is 0 Å². The highest BCUT2D eigenvalue weighted by atomic mass is 32.2. The van der Waals surface area contributed by atoms with Gasteiger partial charge >= 0.3 is 0 Å². The van der Waals surface area contributed by atoms with Crippen LogP contribution in [0.15, 0.2) is 53.4 Å². The standard InChI is InChI=1S/C21H24N2O3S/c24-21(16-7-8-16)17-9-11-20(12-10-17)27(25,26)22-18-5-4-6-19(15-18)23-13-2-1-3-14-23/h4-6,9-12,15-16,22H,1-3,7-8,13-14H2. The van der Waals surface area contributed by atoms with E-state index in [1.54, 1.807) is 18.2 Å². The molecule has 0 aromatic heterocycles. The van der Waals surface area contributed by atoms with E-state index >= 15 is 0 Å². The van der Waals surface area contributed by atoms with Gasteiger partial charge in [0.25, 0.3) is 10.0 Å². The minimum absolute atomic E-state index is 0.112. The van der Waals surface area contributed by atoms with Gasteiger partial charge in [-0.25, -0.2) is 8.42 Å². The van der Waals surface area contributed by atoms with Gasteiger partial charge in [-0.15, -0.1) is 0 Å². The van der Waals surface area contributed by atoms with E-state index in [0.29, 0.717) is 11.3 Å². The van der Waals surface area contributed by atoms with Gasteiger partial charge in [0.05, 0.1) is 10.6 Å². The van der Waals surface area contributed by atoms with E-state index in [0.717, 1.165) is 31.6 Å². The Kier molecular flexibility index (Phi) is 4.91. The lowest BCUT2D eigenvalue weighted by atomic mass is 10.1. The van der Waals surface area contributed by atoms with Gasteiger partial charge in [0.2, 0.25) is 0 Å². The zero-order valence-corrected chi connectivity index (χ0v) is 16.0. The second-order valence-electron chi connectivity index (χ2n) is 7.37. The molecule has 1 saturated heterocycles. The molecule has 5 nitrogen and oxygen atoms in total. The van der Waals surface area contributed by atoms with E-state index in [4.69, 9.17) is 0 Å². The first-order valence-electron chi connectivity index (χ1n) is 9.55. The Balaban J connectivity index is 1.50. The number of benzene rings is 2. The number of ketones is 1. The van der Waals surface area contributed by atoms with Crippen molar-refractivity contribution in [1.29, 1.82) is 0 Å². The number of nitrogens with zero attached hydrogens (tertiary/aromatic N) is 1. The highest BCUT2D eigenvalue weighted by Gasteiger charge is 2.30. The molecule has 1 aliphatic heterocycles. The average Bonchev–Trinajstić information content (AvgIpc) is 3.53. The van der Waals surface area contributed by atoms with Gasteiger partial charge in [-0.1, -0.05) is 18.2 Å². The summed E-state index contributed by atoms with van der Waals surface area (Å²) >= 11 is 0. The van der Waals surface area contributed by atoms with Crippen molar-refractivity contribution >= 4 is 27.2 Å². The second-order valence-corrected chi connectivity index (χ2v) is 9.05. The van der Waals surface area contributed by atoms with Crippen molar-refractivity contribution in [2.24, 2.45) is 5.92 Å². The Morgan fingerprint density at radius 1 is 0.963 bits per heavy atom. The molecule has 1 saturated carbocycles. The van der Waals surface area contributed by atoms with Crippen molar-refractivity contribution in [3.05, 3.63) is 54.1 Å². The van der Waals surface area contributed by atoms with Crippen LogP contribution in [0, 0.1) is 5.92 Å². The van der Waals surface area contributed by atoms with Crippen LogP contribution in [0.3, 0.4) is 0 Å². The Morgan fingerprint density at radius 2 is 1.67 bits per heavy atom. The summed E-state index contributed by atoms with van der Waals surface area (Å²) in [6, 6.07) is 13.8. The smallest absolute Gasteiger partial charge is 0.261 e. The molecule has 6 heteroatoms. The quantitative estimate of drug-likeness (QED) is 0.763. The predicted octanol–water partition coefficient (Wildman–Crippen LogP) is 4.07. The fourth-order valence-corrected chi connectivity index (χ4v) is 4.56. The number of piperidine rings is 1.